The van der Waals surface area contributed by atoms with Crippen molar-refractivity contribution >= 4 is 21.9 Å². The molecule has 1 heterocycles. The predicted octanol–water partition coefficient (Wildman–Crippen LogP) is 5.91. The number of hydrogen-bond donors (Lipinski definition) is 1. The van der Waals surface area contributed by atoms with Crippen LogP contribution in [-0.2, 0) is 21.9 Å². The van der Waals surface area contributed by atoms with Crippen LogP contribution in [0.25, 0.3) is 6.08 Å². The molecule has 0 radical (unpaired) electrons. The Kier molecular flexibility index (Phi) is 5.53. The molecule has 0 unspecified atom stereocenters. The van der Waals surface area contributed by atoms with Gasteiger partial charge in [-0.25, -0.2) is 21.5 Å². The van der Waals surface area contributed by atoms with E-state index in [0.717, 1.165) is 35.2 Å². The molecule has 3 aromatic carbocycles. The maximum atomic E-state index is 13.8. The summed E-state index contributed by atoms with van der Waals surface area (Å²) in [4.78, 5) is 0.230. The highest BCUT2D eigenvalue weighted by atomic mass is 32.2. The first-order valence-electron chi connectivity index (χ1n) is 12.2. The zero-order valence-electron chi connectivity index (χ0n) is 20.2. The van der Waals surface area contributed by atoms with Gasteiger partial charge in [0, 0.05) is 29.1 Å². The van der Waals surface area contributed by atoms with Gasteiger partial charge in [0.2, 0.25) is 0 Å². The third-order valence-electron chi connectivity index (χ3n) is 7.24. The van der Waals surface area contributed by atoms with E-state index in [2.05, 4.69) is 10.2 Å². The van der Waals surface area contributed by atoms with Crippen LogP contribution in [-0.4, -0.2) is 24.7 Å². The van der Waals surface area contributed by atoms with Crippen molar-refractivity contribution in [2.75, 3.05) is 4.31 Å². The molecule has 0 aliphatic heterocycles. The summed E-state index contributed by atoms with van der Waals surface area (Å²) in [5.74, 6) is -0.312. The van der Waals surface area contributed by atoms with E-state index in [9.17, 15) is 17.2 Å². The molecule has 0 saturated heterocycles. The molecule has 1 saturated carbocycles. The van der Waals surface area contributed by atoms with Crippen molar-refractivity contribution < 1.29 is 17.2 Å². The minimum atomic E-state index is -3.82. The topological polar surface area (TPSA) is 66.1 Å². The molecule has 5 nitrogen and oxygen atoms in total. The summed E-state index contributed by atoms with van der Waals surface area (Å²) in [5, 5.41) is 7.58. The summed E-state index contributed by atoms with van der Waals surface area (Å²) in [5.41, 5.74) is 3.42. The average Bonchev–Trinajstić information content (AvgIpc) is 3.64. The number of nitrogens with zero attached hydrogens (tertiary/aromatic N) is 2. The first-order chi connectivity index (χ1) is 17.8. The summed E-state index contributed by atoms with van der Waals surface area (Å²) in [6.07, 6.45) is 5.83. The Bertz CT molecular complexity index is 1540. The molecule has 1 fully saturated rings. The highest BCUT2D eigenvalue weighted by molar-refractivity contribution is 7.92. The van der Waals surface area contributed by atoms with Crippen molar-refractivity contribution in [1.82, 2.24) is 10.2 Å². The first kappa shape index (κ1) is 23.6. The Labute approximate surface area is 214 Å². The minimum absolute atomic E-state index is 0.145. The molecule has 0 amide bonds. The number of aromatic amines is 1. The van der Waals surface area contributed by atoms with E-state index in [1.165, 1.54) is 28.6 Å². The van der Waals surface area contributed by atoms with Gasteiger partial charge in [-0.2, -0.15) is 5.10 Å². The average molecular weight is 518 g/mol. The van der Waals surface area contributed by atoms with Gasteiger partial charge >= 0.3 is 0 Å². The smallest absolute Gasteiger partial charge is 0.265 e. The van der Waals surface area contributed by atoms with Crippen LogP contribution in [0.2, 0.25) is 0 Å². The second-order valence-electron chi connectivity index (χ2n) is 9.78. The summed E-state index contributed by atoms with van der Waals surface area (Å²) in [7, 11) is -3.82. The Morgan fingerprint density at radius 1 is 0.892 bits per heavy atom. The lowest BCUT2D eigenvalue weighted by Crippen LogP contribution is -2.34. The largest absolute Gasteiger partial charge is 0.280 e. The van der Waals surface area contributed by atoms with E-state index in [4.69, 9.17) is 0 Å². The number of hydrogen-bond acceptors (Lipinski definition) is 3. The van der Waals surface area contributed by atoms with Crippen molar-refractivity contribution in [2.24, 2.45) is 0 Å². The Morgan fingerprint density at radius 3 is 2.00 bits per heavy atom. The predicted molar refractivity (Wildman–Crippen MR) is 139 cm³/mol. The highest BCUT2D eigenvalue weighted by Crippen LogP contribution is 2.45. The SMILES string of the molecule is Cc1ccc(S(=O)(=O)N(c2n[nH]c3c2C=CC(c2ccc(F)cc2)(c2ccc(F)cc2)C3)C2CC2)cc1. The van der Waals surface area contributed by atoms with Gasteiger partial charge in [0.05, 0.1) is 4.90 Å². The van der Waals surface area contributed by atoms with Crippen LogP contribution in [0.3, 0.4) is 0 Å². The maximum absolute atomic E-state index is 13.8. The Morgan fingerprint density at radius 2 is 1.46 bits per heavy atom. The molecule has 188 valence electrons. The molecular weight excluding hydrogens is 492 g/mol. The number of anilines is 1. The van der Waals surface area contributed by atoms with E-state index in [1.807, 2.05) is 19.1 Å². The van der Waals surface area contributed by atoms with Gasteiger partial charge in [0.1, 0.15) is 11.6 Å². The molecule has 0 bridgehead atoms. The fourth-order valence-corrected chi connectivity index (χ4v) is 6.77. The Balaban J connectivity index is 1.45. The first-order valence-corrected chi connectivity index (χ1v) is 13.6. The normalized spacial score (nSPS) is 16.4. The lowest BCUT2D eigenvalue weighted by Gasteiger charge is -2.35. The van der Waals surface area contributed by atoms with E-state index in [0.29, 0.717) is 17.8 Å². The minimum Gasteiger partial charge on any atom is -0.280 e. The maximum Gasteiger partial charge on any atom is 0.265 e. The molecular formula is C29H25F2N3O2S. The van der Waals surface area contributed by atoms with Crippen molar-refractivity contribution in [2.45, 2.75) is 42.5 Å². The Hall–Kier alpha value is -3.78. The second kappa shape index (κ2) is 8.66. The van der Waals surface area contributed by atoms with E-state index >= 15 is 0 Å². The molecule has 8 heteroatoms. The van der Waals surface area contributed by atoms with Gasteiger partial charge in [-0.3, -0.25) is 5.10 Å². The number of H-pyrrole nitrogens is 1. The molecule has 4 aromatic rings. The standard InChI is InChI=1S/C29H25F2N3O2S/c1-19-2-14-25(15-3-19)37(35,36)34(24-12-13-24)28-26-16-17-29(18-27(26)32-33-28,20-4-8-22(30)9-5-20)21-6-10-23(31)11-7-21/h2-11,14-17,24H,12-13,18H2,1H3,(H,32,33). The number of sulfonamides is 1. The third-order valence-corrected chi connectivity index (χ3v) is 9.09. The highest BCUT2D eigenvalue weighted by Gasteiger charge is 2.43. The van der Waals surface area contributed by atoms with Crippen molar-refractivity contribution in [3.8, 4) is 0 Å². The van der Waals surface area contributed by atoms with Crippen LogP contribution in [0, 0.1) is 18.6 Å². The van der Waals surface area contributed by atoms with Crippen LogP contribution >= 0.6 is 0 Å². The molecule has 0 atom stereocenters. The number of fused-ring (bicyclic) bond motifs is 1. The summed E-state index contributed by atoms with van der Waals surface area (Å²) >= 11 is 0. The quantitative estimate of drug-likeness (QED) is 0.346. The fraction of sp³-hybridized carbons (Fsp3) is 0.207. The monoisotopic (exact) mass is 517 g/mol. The van der Waals surface area contributed by atoms with Gasteiger partial charge in [-0.15, -0.1) is 0 Å². The van der Waals surface area contributed by atoms with Crippen LogP contribution in [0.4, 0.5) is 14.6 Å². The molecule has 6 rings (SSSR count). The van der Waals surface area contributed by atoms with Crippen molar-refractivity contribution in [3.63, 3.8) is 0 Å². The number of aryl methyl sites for hydroxylation is 1. The van der Waals surface area contributed by atoms with Crippen molar-refractivity contribution in [1.29, 1.82) is 0 Å². The van der Waals surface area contributed by atoms with Crippen molar-refractivity contribution in [3.05, 3.63) is 118 Å². The lowest BCUT2D eigenvalue weighted by atomic mass is 9.68. The number of nitrogens with one attached hydrogen (secondary N) is 1. The number of rotatable bonds is 6. The number of halogens is 2. The van der Waals surface area contributed by atoms with Gasteiger partial charge in [-0.05, 0) is 67.3 Å². The third kappa shape index (κ3) is 4.05. The number of aromatic nitrogens is 2. The molecule has 0 spiro atoms. The van der Waals surface area contributed by atoms with Crippen LogP contribution < -0.4 is 4.31 Å². The summed E-state index contributed by atoms with van der Waals surface area (Å²) < 4.78 is 56.4. The van der Waals surface area contributed by atoms with Crippen LogP contribution in [0.1, 0.15) is 40.8 Å². The van der Waals surface area contributed by atoms with Gasteiger partial charge in [-0.1, -0.05) is 54.1 Å². The van der Waals surface area contributed by atoms with Gasteiger partial charge in [0.15, 0.2) is 5.82 Å². The molecule has 1 aromatic heterocycles. The van der Waals surface area contributed by atoms with Gasteiger partial charge < -0.3 is 0 Å². The second-order valence-corrected chi connectivity index (χ2v) is 11.6. The summed E-state index contributed by atoms with van der Waals surface area (Å²) in [6.45, 7) is 1.92. The van der Waals surface area contributed by atoms with Gasteiger partial charge in [0.25, 0.3) is 10.0 Å². The number of allylic oxidation sites excluding steroid dienone is 1. The van der Waals surface area contributed by atoms with E-state index in [-0.39, 0.29) is 22.6 Å². The number of benzene rings is 3. The lowest BCUT2D eigenvalue weighted by molar-refractivity contribution is 0.589. The molecule has 2 aliphatic carbocycles. The van der Waals surface area contributed by atoms with Crippen LogP contribution in [0.15, 0.2) is 83.8 Å². The zero-order valence-corrected chi connectivity index (χ0v) is 21.0. The molecule has 2 aliphatic rings. The molecule has 37 heavy (non-hydrogen) atoms. The summed E-state index contributed by atoms with van der Waals surface area (Å²) in [6, 6.07) is 19.2. The van der Waals surface area contributed by atoms with Crippen LogP contribution in [0.5, 0.6) is 0 Å². The zero-order chi connectivity index (χ0) is 25.8. The van der Waals surface area contributed by atoms with E-state index in [1.54, 1.807) is 48.5 Å². The van der Waals surface area contributed by atoms with E-state index < -0.39 is 15.4 Å². The fourth-order valence-electron chi connectivity index (χ4n) is 5.09. The molecule has 1 N–H and O–H groups in total.